The first-order chi connectivity index (χ1) is 8.31. The van der Waals surface area contributed by atoms with Crippen LogP contribution in [0.2, 0.25) is 0 Å². The highest BCUT2D eigenvalue weighted by Crippen LogP contribution is 2.24. The highest BCUT2D eigenvalue weighted by molar-refractivity contribution is 7.14. The molecule has 0 spiro atoms. The molecule has 0 radical (unpaired) electrons. The summed E-state index contributed by atoms with van der Waals surface area (Å²) >= 11 is 1.55. The fourth-order valence-corrected chi connectivity index (χ4v) is 2.35. The van der Waals surface area contributed by atoms with Gasteiger partial charge in [0.1, 0.15) is 15.8 Å². The molecule has 2 aromatic rings. The van der Waals surface area contributed by atoms with Crippen molar-refractivity contribution in [2.75, 3.05) is 0 Å². The maximum Gasteiger partial charge on any atom is 0.147 e. The first-order valence-electron chi connectivity index (χ1n) is 5.63. The summed E-state index contributed by atoms with van der Waals surface area (Å²) in [7, 11) is 0. The standard InChI is InChI=1S/C12H12FN3S/c13-9-3-1-8(2-4-9)12-16-15-11(17-12)7-14-10-5-6-10/h1-4,10,14H,5-7H2. The van der Waals surface area contributed by atoms with Crippen molar-refractivity contribution in [3.8, 4) is 10.6 Å². The summed E-state index contributed by atoms with van der Waals surface area (Å²) in [5.41, 5.74) is 0.918. The molecule has 3 rings (SSSR count). The molecule has 88 valence electrons. The van der Waals surface area contributed by atoms with Gasteiger partial charge in [0, 0.05) is 18.2 Å². The Labute approximate surface area is 103 Å². The zero-order valence-corrected chi connectivity index (χ0v) is 10.0. The molecule has 0 atom stereocenters. The Morgan fingerprint density at radius 1 is 1.24 bits per heavy atom. The average molecular weight is 249 g/mol. The Morgan fingerprint density at radius 2 is 2.00 bits per heavy atom. The fraction of sp³-hybridized carbons (Fsp3) is 0.333. The maximum absolute atomic E-state index is 12.8. The molecule has 1 N–H and O–H groups in total. The molecule has 1 heterocycles. The van der Waals surface area contributed by atoms with E-state index >= 15 is 0 Å². The fourth-order valence-electron chi connectivity index (χ4n) is 1.55. The summed E-state index contributed by atoms with van der Waals surface area (Å²) in [5.74, 6) is -0.228. The van der Waals surface area contributed by atoms with Gasteiger partial charge in [-0.2, -0.15) is 0 Å². The van der Waals surface area contributed by atoms with E-state index in [1.54, 1.807) is 23.5 Å². The summed E-state index contributed by atoms with van der Waals surface area (Å²) in [6, 6.07) is 7.02. The lowest BCUT2D eigenvalue weighted by Crippen LogP contribution is -2.14. The minimum Gasteiger partial charge on any atom is -0.308 e. The van der Waals surface area contributed by atoms with Crippen LogP contribution in [0.25, 0.3) is 10.6 Å². The molecule has 0 aliphatic heterocycles. The van der Waals surface area contributed by atoms with Crippen LogP contribution in [0.5, 0.6) is 0 Å². The number of hydrogen-bond acceptors (Lipinski definition) is 4. The smallest absolute Gasteiger partial charge is 0.147 e. The molecule has 3 nitrogen and oxygen atoms in total. The first-order valence-corrected chi connectivity index (χ1v) is 6.44. The summed E-state index contributed by atoms with van der Waals surface area (Å²) in [4.78, 5) is 0. The lowest BCUT2D eigenvalue weighted by atomic mass is 10.2. The van der Waals surface area contributed by atoms with Gasteiger partial charge in [0.2, 0.25) is 0 Å². The lowest BCUT2D eigenvalue weighted by molar-refractivity contribution is 0.628. The van der Waals surface area contributed by atoms with E-state index < -0.39 is 0 Å². The number of rotatable bonds is 4. The predicted octanol–water partition coefficient (Wildman–Crippen LogP) is 2.60. The molecule has 0 amide bonds. The molecule has 1 saturated carbocycles. The average Bonchev–Trinajstić information content (AvgIpc) is 3.06. The van der Waals surface area contributed by atoms with Crippen LogP contribution in [0.4, 0.5) is 4.39 Å². The molecule has 1 aromatic heterocycles. The van der Waals surface area contributed by atoms with Crippen LogP contribution in [0.1, 0.15) is 17.8 Å². The van der Waals surface area contributed by atoms with Crippen molar-refractivity contribution >= 4 is 11.3 Å². The summed E-state index contributed by atoms with van der Waals surface area (Å²) in [6.45, 7) is 0.781. The zero-order valence-electron chi connectivity index (χ0n) is 9.19. The van der Waals surface area contributed by atoms with E-state index in [2.05, 4.69) is 15.5 Å². The number of nitrogens with one attached hydrogen (secondary N) is 1. The van der Waals surface area contributed by atoms with Gasteiger partial charge in [-0.3, -0.25) is 0 Å². The number of aromatic nitrogens is 2. The van der Waals surface area contributed by atoms with E-state index in [-0.39, 0.29) is 5.82 Å². The Hall–Kier alpha value is -1.33. The normalized spacial score (nSPS) is 15.1. The molecule has 0 saturated heterocycles. The van der Waals surface area contributed by atoms with Gasteiger partial charge in [0.05, 0.1) is 0 Å². The Morgan fingerprint density at radius 3 is 2.71 bits per heavy atom. The van der Waals surface area contributed by atoms with E-state index in [1.807, 2.05) is 0 Å². The van der Waals surface area contributed by atoms with Crippen LogP contribution in [-0.2, 0) is 6.54 Å². The van der Waals surface area contributed by atoms with Crippen LogP contribution in [-0.4, -0.2) is 16.2 Å². The number of benzene rings is 1. The van der Waals surface area contributed by atoms with E-state index in [0.29, 0.717) is 6.04 Å². The van der Waals surface area contributed by atoms with Crippen LogP contribution in [0.3, 0.4) is 0 Å². The molecular weight excluding hydrogens is 237 g/mol. The summed E-state index contributed by atoms with van der Waals surface area (Å²) in [5, 5.41) is 13.5. The molecule has 1 fully saturated rings. The van der Waals surface area contributed by atoms with Crippen molar-refractivity contribution in [1.29, 1.82) is 0 Å². The topological polar surface area (TPSA) is 37.8 Å². The minimum atomic E-state index is -0.228. The molecule has 1 aromatic carbocycles. The van der Waals surface area contributed by atoms with E-state index in [1.165, 1.54) is 25.0 Å². The van der Waals surface area contributed by atoms with Gasteiger partial charge in [-0.25, -0.2) is 4.39 Å². The van der Waals surface area contributed by atoms with Crippen LogP contribution in [0, 0.1) is 5.82 Å². The number of halogens is 1. The van der Waals surface area contributed by atoms with Crippen molar-refractivity contribution in [3.63, 3.8) is 0 Å². The second-order valence-corrected chi connectivity index (χ2v) is 5.23. The third kappa shape index (κ3) is 2.68. The van der Waals surface area contributed by atoms with Crippen molar-refractivity contribution in [2.45, 2.75) is 25.4 Å². The molecule has 5 heteroatoms. The summed E-state index contributed by atoms with van der Waals surface area (Å²) < 4.78 is 12.8. The monoisotopic (exact) mass is 249 g/mol. The van der Waals surface area contributed by atoms with Gasteiger partial charge < -0.3 is 5.32 Å². The second kappa shape index (κ2) is 4.50. The van der Waals surface area contributed by atoms with Gasteiger partial charge in [0.15, 0.2) is 0 Å². The highest BCUT2D eigenvalue weighted by atomic mass is 32.1. The molecular formula is C12H12FN3S. The SMILES string of the molecule is Fc1ccc(-c2nnc(CNC3CC3)s2)cc1. The molecule has 0 unspecified atom stereocenters. The predicted molar refractivity (Wildman–Crippen MR) is 65.2 cm³/mol. The van der Waals surface area contributed by atoms with E-state index in [0.717, 1.165) is 22.1 Å². The lowest BCUT2D eigenvalue weighted by Gasteiger charge is -1.96. The highest BCUT2D eigenvalue weighted by Gasteiger charge is 2.20. The minimum absolute atomic E-state index is 0.228. The van der Waals surface area contributed by atoms with Gasteiger partial charge in [-0.05, 0) is 37.1 Å². The molecule has 1 aliphatic carbocycles. The van der Waals surface area contributed by atoms with Gasteiger partial charge in [-0.15, -0.1) is 10.2 Å². The van der Waals surface area contributed by atoms with E-state index in [9.17, 15) is 4.39 Å². The third-order valence-electron chi connectivity index (χ3n) is 2.68. The number of nitrogens with zero attached hydrogens (tertiary/aromatic N) is 2. The van der Waals surface area contributed by atoms with Crippen LogP contribution < -0.4 is 5.32 Å². The van der Waals surface area contributed by atoms with Crippen molar-refractivity contribution in [2.24, 2.45) is 0 Å². The van der Waals surface area contributed by atoms with Crippen LogP contribution >= 0.6 is 11.3 Å². The van der Waals surface area contributed by atoms with Gasteiger partial charge >= 0.3 is 0 Å². The largest absolute Gasteiger partial charge is 0.308 e. The van der Waals surface area contributed by atoms with Crippen LogP contribution in [0.15, 0.2) is 24.3 Å². The van der Waals surface area contributed by atoms with Gasteiger partial charge in [0.25, 0.3) is 0 Å². The van der Waals surface area contributed by atoms with Gasteiger partial charge in [-0.1, -0.05) is 11.3 Å². The van der Waals surface area contributed by atoms with Crippen molar-refractivity contribution in [3.05, 3.63) is 35.1 Å². The third-order valence-corrected chi connectivity index (χ3v) is 3.65. The van der Waals surface area contributed by atoms with Crippen molar-refractivity contribution < 1.29 is 4.39 Å². The van der Waals surface area contributed by atoms with E-state index in [4.69, 9.17) is 0 Å². The Balaban J connectivity index is 1.72. The quantitative estimate of drug-likeness (QED) is 0.905. The maximum atomic E-state index is 12.8. The second-order valence-electron chi connectivity index (χ2n) is 4.16. The molecule has 17 heavy (non-hydrogen) atoms. The number of hydrogen-bond donors (Lipinski definition) is 1. The summed E-state index contributed by atoms with van der Waals surface area (Å²) in [6.07, 6.45) is 2.53. The Bertz CT molecular complexity index is 505. The molecule has 0 bridgehead atoms. The Kier molecular flexibility index (Phi) is 2.86. The molecule has 1 aliphatic rings. The first kappa shape index (κ1) is 10.8. The zero-order chi connectivity index (χ0) is 11.7. The van der Waals surface area contributed by atoms with Crippen molar-refractivity contribution in [1.82, 2.24) is 15.5 Å².